The summed E-state index contributed by atoms with van der Waals surface area (Å²) in [6.07, 6.45) is 0.0923. The number of carbonyl (C=O) groups excluding carboxylic acids is 1. The van der Waals surface area contributed by atoms with Crippen LogP contribution >= 0.6 is 22.9 Å². The third kappa shape index (κ3) is 3.67. The summed E-state index contributed by atoms with van der Waals surface area (Å²) in [5, 5.41) is 34.0. The SMILES string of the molecule is Nc1nc(C(=NO)C(=O)NC2Cc3cccc(C(=O)O)c3OB2O)c(Cl)s1. The van der Waals surface area contributed by atoms with Crippen LogP contribution in [0.4, 0.5) is 5.13 Å². The highest BCUT2D eigenvalue weighted by Gasteiger charge is 2.39. The number of nitrogens with two attached hydrogens (primary N) is 1. The molecule has 1 aromatic heterocycles. The normalized spacial score (nSPS) is 16.4. The monoisotopic (exact) mass is 410 g/mol. The van der Waals surface area contributed by atoms with Crippen LogP contribution in [0.15, 0.2) is 23.4 Å². The Labute approximate surface area is 161 Å². The first-order valence-electron chi connectivity index (χ1n) is 7.46. The van der Waals surface area contributed by atoms with Gasteiger partial charge < -0.3 is 31.0 Å². The molecule has 6 N–H and O–H groups in total. The Kier molecular flexibility index (Phi) is 5.21. The smallest absolute Gasteiger partial charge is 0.534 e. The molecule has 2 heterocycles. The van der Waals surface area contributed by atoms with Gasteiger partial charge in [-0.3, -0.25) is 4.79 Å². The quantitative estimate of drug-likeness (QED) is 0.209. The van der Waals surface area contributed by atoms with E-state index in [1.54, 1.807) is 6.07 Å². The molecule has 0 radical (unpaired) electrons. The van der Waals surface area contributed by atoms with Gasteiger partial charge in [-0.25, -0.2) is 9.78 Å². The Hall–Kier alpha value is -2.83. The summed E-state index contributed by atoms with van der Waals surface area (Å²) in [6, 6.07) is 4.49. The fraction of sp³-hybridized carbons (Fsp3) is 0.143. The van der Waals surface area contributed by atoms with Gasteiger partial charge in [-0.1, -0.05) is 40.2 Å². The van der Waals surface area contributed by atoms with Crippen molar-refractivity contribution in [3.05, 3.63) is 39.4 Å². The van der Waals surface area contributed by atoms with Crippen LogP contribution in [0.5, 0.6) is 5.75 Å². The van der Waals surface area contributed by atoms with Crippen LogP contribution in [0.1, 0.15) is 21.6 Å². The number of hydrogen-bond acceptors (Lipinski definition) is 9. The zero-order valence-corrected chi connectivity index (χ0v) is 15.0. The van der Waals surface area contributed by atoms with Crippen LogP contribution < -0.4 is 15.7 Å². The Morgan fingerprint density at radius 2 is 2.22 bits per heavy atom. The van der Waals surface area contributed by atoms with E-state index in [0.29, 0.717) is 5.56 Å². The van der Waals surface area contributed by atoms with Crippen molar-refractivity contribution in [2.45, 2.75) is 12.4 Å². The van der Waals surface area contributed by atoms with Crippen molar-refractivity contribution in [2.24, 2.45) is 5.16 Å². The van der Waals surface area contributed by atoms with Crippen LogP contribution in [0, 0.1) is 0 Å². The number of nitrogen functional groups attached to an aromatic ring is 1. The average Bonchev–Trinajstić information content (AvgIpc) is 2.93. The molecule has 140 valence electrons. The van der Waals surface area contributed by atoms with E-state index in [1.165, 1.54) is 12.1 Å². The minimum Gasteiger partial charge on any atom is -0.534 e. The molecule has 0 spiro atoms. The number of anilines is 1. The predicted octanol–water partition coefficient (Wildman–Crippen LogP) is 0.395. The van der Waals surface area contributed by atoms with E-state index in [9.17, 15) is 19.7 Å². The van der Waals surface area contributed by atoms with Gasteiger partial charge in [-0.05, 0) is 18.1 Å². The molecule has 10 nitrogen and oxygen atoms in total. The molecule has 1 aliphatic heterocycles. The van der Waals surface area contributed by atoms with Crippen LogP contribution in [0.25, 0.3) is 0 Å². The van der Waals surface area contributed by atoms with Crippen LogP contribution in [-0.2, 0) is 11.2 Å². The number of para-hydroxylation sites is 1. The first-order valence-corrected chi connectivity index (χ1v) is 8.66. The fourth-order valence-electron chi connectivity index (χ4n) is 2.62. The molecule has 0 saturated heterocycles. The zero-order chi connectivity index (χ0) is 19.7. The highest BCUT2D eigenvalue weighted by molar-refractivity contribution is 7.19. The number of amides is 1. The number of fused-ring (bicyclic) bond motifs is 1. The van der Waals surface area contributed by atoms with Crippen molar-refractivity contribution >= 4 is 52.8 Å². The summed E-state index contributed by atoms with van der Waals surface area (Å²) >= 11 is 6.82. The Bertz CT molecular complexity index is 952. The number of carboxylic acid groups (broad SMARTS) is 1. The molecule has 1 atom stereocenters. The molecule has 2 aromatic rings. The third-order valence-electron chi connectivity index (χ3n) is 3.81. The van der Waals surface area contributed by atoms with E-state index < -0.39 is 30.6 Å². The zero-order valence-electron chi connectivity index (χ0n) is 13.4. The topological polar surface area (TPSA) is 167 Å². The van der Waals surface area contributed by atoms with Crippen molar-refractivity contribution in [3.8, 4) is 5.75 Å². The number of rotatable bonds is 4. The Morgan fingerprint density at radius 3 is 2.81 bits per heavy atom. The minimum absolute atomic E-state index is 0.0365. The van der Waals surface area contributed by atoms with Gasteiger partial charge in [-0.15, -0.1) is 0 Å². The molecule has 1 aromatic carbocycles. The van der Waals surface area contributed by atoms with Gasteiger partial charge >= 0.3 is 13.1 Å². The van der Waals surface area contributed by atoms with Crippen LogP contribution in [0.3, 0.4) is 0 Å². The number of nitrogens with zero attached hydrogens (tertiary/aromatic N) is 2. The number of hydrogen-bond donors (Lipinski definition) is 5. The lowest BCUT2D eigenvalue weighted by molar-refractivity contribution is -0.115. The molecule has 0 aliphatic carbocycles. The second kappa shape index (κ2) is 7.43. The average molecular weight is 411 g/mol. The summed E-state index contributed by atoms with van der Waals surface area (Å²) in [6.45, 7) is 0. The molecular formula is C14H12BClN4O6S. The van der Waals surface area contributed by atoms with Crippen molar-refractivity contribution in [1.29, 1.82) is 0 Å². The molecule has 0 bridgehead atoms. The first-order chi connectivity index (χ1) is 12.8. The van der Waals surface area contributed by atoms with E-state index in [1.807, 2.05) is 0 Å². The molecule has 1 amide bonds. The molecule has 0 saturated carbocycles. The summed E-state index contributed by atoms with van der Waals surface area (Å²) in [5.41, 5.74) is 5.33. The van der Waals surface area contributed by atoms with Crippen molar-refractivity contribution in [3.63, 3.8) is 0 Å². The number of oxime groups is 1. The number of thiazole rings is 1. The van der Waals surface area contributed by atoms with E-state index in [-0.39, 0.29) is 32.9 Å². The lowest BCUT2D eigenvalue weighted by Crippen LogP contribution is -2.54. The highest BCUT2D eigenvalue weighted by Crippen LogP contribution is 2.30. The van der Waals surface area contributed by atoms with Gasteiger partial charge in [0, 0.05) is 0 Å². The first kappa shape index (κ1) is 19.0. The van der Waals surface area contributed by atoms with Gasteiger partial charge in [0.2, 0.25) is 0 Å². The minimum atomic E-state index is -1.52. The van der Waals surface area contributed by atoms with E-state index >= 15 is 0 Å². The molecule has 1 unspecified atom stereocenters. The van der Waals surface area contributed by atoms with Crippen molar-refractivity contribution in [2.75, 3.05) is 5.73 Å². The molecule has 0 fully saturated rings. The highest BCUT2D eigenvalue weighted by atomic mass is 35.5. The largest absolute Gasteiger partial charge is 0.547 e. The summed E-state index contributed by atoms with van der Waals surface area (Å²) in [5.74, 6) is -2.96. The van der Waals surface area contributed by atoms with Crippen LogP contribution in [0.2, 0.25) is 4.34 Å². The summed E-state index contributed by atoms with van der Waals surface area (Å²) in [7, 11) is -1.52. The fourth-order valence-corrected chi connectivity index (χ4v) is 3.54. The molecule has 1 aliphatic rings. The number of carbonyl (C=O) groups is 2. The predicted molar refractivity (Wildman–Crippen MR) is 97.5 cm³/mol. The lowest BCUT2D eigenvalue weighted by Gasteiger charge is -2.28. The number of aromatic carboxylic acids is 1. The second-order valence-corrected chi connectivity index (χ2v) is 7.15. The lowest BCUT2D eigenvalue weighted by atomic mass is 9.72. The number of aromatic nitrogens is 1. The molecule has 13 heteroatoms. The molecular weight excluding hydrogens is 399 g/mol. The molecule has 27 heavy (non-hydrogen) atoms. The van der Waals surface area contributed by atoms with Gasteiger partial charge in [0.15, 0.2) is 10.8 Å². The van der Waals surface area contributed by atoms with Gasteiger partial charge in [0.1, 0.15) is 15.8 Å². The van der Waals surface area contributed by atoms with Gasteiger partial charge in [0.05, 0.1) is 11.5 Å². The van der Waals surface area contributed by atoms with Crippen molar-refractivity contribution < 1.29 is 29.6 Å². The number of benzene rings is 1. The second-order valence-electron chi connectivity index (χ2n) is 5.51. The number of carboxylic acids is 1. The van der Waals surface area contributed by atoms with E-state index in [2.05, 4.69) is 15.5 Å². The standard InChI is InChI=1S/C14H12BClN4O6S/c16-11-8(19-14(17)27-11)9(20-25)12(21)18-7-4-5-2-1-3-6(13(22)23)10(5)26-15(7)24/h1-3,7,24-25H,4H2,(H2,17,19)(H,18,21)(H,22,23). The Balaban J connectivity index is 1.82. The van der Waals surface area contributed by atoms with Crippen LogP contribution in [-0.4, -0.2) is 51.0 Å². The maximum Gasteiger partial charge on any atom is 0.547 e. The summed E-state index contributed by atoms with van der Waals surface area (Å²) < 4.78 is 5.35. The van der Waals surface area contributed by atoms with Gasteiger partial charge in [0.25, 0.3) is 5.91 Å². The number of nitrogens with one attached hydrogen (secondary N) is 1. The van der Waals surface area contributed by atoms with E-state index in [0.717, 1.165) is 11.3 Å². The van der Waals surface area contributed by atoms with Gasteiger partial charge in [-0.2, -0.15) is 0 Å². The van der Waals surface area contributed by atoms with E-state index in [4.69, 9.17) is 27.2 Å². The molecule has 3 rings (SSSR count). The number of halogens is 1. The summed E-state index contributed by atoms with van der Waals surface area (Å²) in [4.78, 5) is 27.5. The maximum absolute atomic E-state index is 12.4. The third-order valence-corrected chi connectivity index (χ3v) is 4.89. The Morgan fingerprint density at radius 1 is 1.48 bits per heavy atom. The van der Waals surface area contributed by atoms with Crippen molar-refractivity contribution in [1.82, 2.24) is 10.3 Å². The maximum atomic E-state index is 12.4.